The van der Waals surface area contributed by atoms with Gasteiger partial charge in [0.15, 0.2) is 5.11 Å². The van der Waals surface area contributed by atoms with E-state index in [4.69, 9.17) is 22.7 Å². The Morgan fingerprint density at radius 3 is 2.48 bits per heavy atom. The maximum absolute atomic E-state index is 12.6. The van der Waals surface area contributed by atoms with Gasteiger partial charge >= 0.3 is 6.09 Å². The van der Waals surface area contributed by atoms with Crippen LogP contribution in [-0.4, -0.2) is 49.3 Å². The van der Waals surface area contributed by atoms with Crippen LogP contribution in [0.5, 0.6) is 0 Å². The quantitative estimate of drug-likeness (QED) is 0.646. The number of rotatable bonds is 4. The molecule has 0 atom stereocenters. The number of nitrogens with two attached hydrogens (primary N) is 1. The molecule has 0 radical (unpaired) electrons. The second-order valence-electron chi connectivity index (χ2n) is 7.38. The number of carbonyl (C=O) groups excluding carboxylic acids is 1. The Morgan fingerprint density at radius 2 is 1.93 bits per heavy atom. The molecule has 2 rings (SSSR count). The summed E-state index contributed by atoms with van der Waals surface area (Å²) in [4.78, 5) is 13.8. The molecule has 0 aliphatic carbocycles. The van der Waals surface area contributed by atoms with E-state index < -0.39 is 15.6 Å². The van der Waals surface area contributed by atoms with Gasteiger partial charge in [0.1, 0.15) is 5.60 Å². The molecule has 1 heterocycles. The van der Waals surface area contributed by atoms with Crippen LogP contribution in [0.4, 0.5) is 10.5 Å². The van der Waals surface area contributed by atoms with E-state index in [9.17, 15) is 13.2 Å². The Hall–Kier alpha value is -1.91. The molecule has 8 nitrogen and oxygen atoms in total. The summed E-state index contributed by atoms with van der Waals surface area (Å²) >= 11 is 4.77. The standard InChI is InChI=1S/C17H26N4O4S2/c1-17(2,3)25-16(22)21-9-7-12(8-10-21)20-27(23,24)14-6-4-5-13(11-14)19-15(18)26/h4-6,11-12,20H,7-10H2,1-3H3,(H3,18,19,26). The molecule has 1 aromatic carbocycles. The number of carbonyl (C=O) groups is 1. The SMILES string of the molecule is CC(C)(C)OC(=O)N1CCC(NS(=O)(=O)c2cccc(NC(N)=S)c2)CC1. The highest BCUT2D eigenvalue weighted by molar-refractivity contribution is 7.89. The van der Waals surface area contributed by atoms with Crippen LogP contribution in [0, 0.1) is 0 Å². The van der Waals surface area contributed by atoms with Gasteiger partial charge in [-0.05, 0) is 64.0 Å². The number of anilines is 1. The Labute approximate surface area is 165 Å². The Morgan fingerprint density at radius 1 is 1.30 bits per heavy atom. The minimum atomic E-state index is -3.69. The molecule has 0 spiro atoms. The maximum atomic E-state index is 12.6. The van der Waals surface area contributed by atoms with Gasteiger partial charge in [-0.1, -0.05) is 6.07 Å². The van der Waals surface area contributed by atoms with Crippen molar-refractivity contribution in [1.29, 1.82) is 0 Å². The molecule has 1 aliphatic heterocycles. The molecule has 0 saturated carbocycles. The summed E-state index contributed by atoms with van der Waals surface area (Å²) in [6.45, 7) is 6.31. The van der Waals surface area contributed by atoms with Gasteiger partial charge in [-0.2, -0.15) is 0 Å². The molecule has 4 N–H and O–H groups in total. The van der Waals surface area contributed by atoms with Crippen molar-refractivity contribution in [2.75, 3.05) is 18.4 Å². The van der Waals surface area contributed by atoms with Crippen molar-refractivity contribution in [2.24, 2.45) is 5.73 Å². The molecule has 10 heteroatoms. The summed E-state index contributed by atoms with van der Waals surface area (Å²) in [5.74, 6) is 0. The zero-order chi connectivity index (χ0) is 20.2. The van der Waals surface area contributed by atoms with Crippen LogP contribution in [0.3, 0.4) is 0 Å². The molecule has 1 aliphatic rings. The number of thiocarbonyl (C=S) groups is 1. The zero-order valence-corrected chi connectivity index (χ0v) is 17.3. The lowest BCUT2D eigenvalue weighted by Gasteiger charge is -2.33. The minimum Gasteiger partial charge on any atom is -0.444 e. The number of hydrogen-bond donors (Lipinski definition) is 3. The van der Waals surface area contributed by atoms with Gasteiger partial charge < -0.3 is 20.7 Å². The lowest BCUT2D eigenvalue weighted by molar-refractivity contribution is 0.0203. The fourth-order valence-corrected chi connectivity index (χ4v) is 4.15. The molecule has 0 aromatic heterocycles. The molecule has 1 amide bonds. The highest BCUT2D eigenvalue weighted by atomic mass is 32.2. The first-order valence-corrected chi connectivity index (χ1v) is 10.5. The monoisotopic (exact) mass is 414 g/mol. The number of nitrogens with zero attached hydrogens (tertiary/aromatic N) is 1. The Balaban J connectivity index is 1.96. The van der Waals surface area contributed by atoms with Gasteiger partial charge in [-0.25, -0.2) is 17.9 Å². The summed E-state index contributed by atoms with van der Waals surface area (Å²) in [6, 6.07) is 6.01. The van der Waals surface area contributed by atoms with E-state index in [0.29, 0.717) is 31.6 Å². The first kappa shape index (κ1) is 21.4. The fourth-order valence-electron chi connectivity index (χ4n) is 2.68. The van der Waals surface area contributed by atoms with Crippen molar-refractivity contribution < 1.29 is 17.9 Å². The number of ether oxygens (including phenoxy) is 1. The van der Waals surface area contributed by atoms with Crippen molar-refractivity contribution >= 4 is 39.1 Å². The van der Waals surface area contributed by atoms with Crippen LogP contribution < -0.4 is 15.8 Å². The average molecular weight is 415 g/mol. The van der Waals surface area contributed by atoms with Crippen LogP contribution in [0.25, 0.3) is 0 Å². The number of nitrogens with one attached hydrogen (secondary N) is 2. The van der Waals surface area contributed by atoms with Gasteiger partial charge in [-0.3, -0.25) is 0 Å². The van der Waals surface area contributed by atoms with Crippen molar-refractivity contribution in [2.45, 2.75) is 50.2 Å². The van der Waals surface area contributed by atoms with Gasteiger partial charge in [0, 0.05) is 24.8 Å². The zero-order valence-electron chi connectivity index (χ0n) is 15.7. The first-order valence-electron chi connectivity index (χ1n) is 8.63. The highest BCUT2D eigenvalue weighted by Gasteiger charge is 2.29. The second kappa shape index (κ2) is 8.41. The van der Waals surface area contributed by atoms with Gasteiger partial charge in [-0.15, -0.1) is 0 Å². The first-order chi connectivity index (χ1) is 12.5. The highest BCUT2D eigenvalue weighted by Crippen LogP contribution is 2.19. The van der Waals surface area contributed by atoms with Crippen LogP contribution in [-0.2, 0) is 14.8 Å². The molecular weight excluding hydrogens is 388 g/mol. The maximum Gasteiger partial charge on any atom is 0.410 e. The van der Waals surface area contributed by atoms with Crippen LogP contribution >= 0.6 is 12.2 Å². The normalized spacial score (nSPS) is 16.0. The van der Waals surface area contributed by atoms with Crippen molar-refractivity contribution in [3.05, 3.63) is 24.3 Å². The predicted molar refractivity (Wildman–Crippen MR) is 108 cm³/mol. The third-order valence-corrected chi connectivity index (χ3v) is 5.50. The molecule has 0 bridgehead atoms. The van der Waals surface area contributed by atoms with Gasteiger partial charge in [0.25, 0.3) is 0 Å². The summed E-state index contributed by atoms with van der Waals surface area (Å²) < 4.78 is 33.3. The smallest absolute Gasteiger partial charge is 0.410 e. The van der Waals surface area contributed by atoms with Crippen molar-refractivity contribution in [1.82, 2.24) is 9.62 Å². The molecule has 27 heavy (non-hydrogen) atoms. The van der Waals surface area contributed by atoms with E-state index >= 15 is 0 Å². The number of likely N-dealkylation sites (tertiary alicyclic amines) is 1. The topological polar surface area (TPSA) is 114 Å². The molecular formula is C17H26N4O4S2. The van der Waals surface area contributed by atoms with E-state index in [-0.39, 0.29) is 22.1 Å². The molecule has 150 valence electrons. The molecule has 0 unspecified atom stereocenters. The van der Waals surface area contributed by atoms with Gasteiger partial charge in [0.2, 0.25) is 10.0 Å². The Bertz CT molecular complexity index is 797. The number of benzene rings is 1. The number of sulfonamides is 1. The molecule has 1 saturated heterocycles. The minimum absolute atomic E-state index is 0.0621. The third-order valence-electron chi connectivity index (χ3n) is 3.88. The van der Waals surface area contributed by atoms with E-state index in [1.807, 2.05) is 20.8 Å². The summed E-state index contributed by atoms with van der Waals surface area (Å²) in [5, 5.41) is 2.78. The fraction of sp³-hybridized carbons (Fsp3) is 0.529. The summed E-state index contributed by atoms with van der Waals surface area (Å²) in [7, 11) is -3.69. The molecule has 1 fully saturated rings. The van der Waals surface area contributed by atoms with E-state index in [2.05, 4.69) is 10.0 Å². The number of amides is 1. The molecule has 1 aromatic rings. The van der Waals surface area contributed by atoms with Crippen LogP contribution in [0.1, 0.15) is 33.6 Å². The summed E-state index contributed by atoms with van der Waals surface area (Å²) in [5.41, 5.74) is 5.37. The number of hydrogen-bond acceptors (Lipinski definition) is 5. The number of piperidine rings is 1. The average Bonchev–Trinajstić information content (AvgIpc) is 2.53. The second-order valence-corrected chi connectivity index (χ2v) is 9.53. The van der Waals surface area contributed by atoms with E-state index in [1.165, 1.54) is 12.1 Å². The van der Waals surface area contributed by atoms with E-state index in [0.717, 1.165) is 0 Å². The largest absolute Gasteiger partial charge is 0.444 e. The Kier molecular flexibility index (Phi) is 6.66. The lowest BCUT2D eigenvalue weighted by atomic mass is 10.1. The van der Waals surface area contributed by atoms with Gasteiger partial charge in [0.05, 0.1) is 4.90 Å². The van der Waals surface area contributed by atoms with Crippen molar-refractivity contribution in [3.8, 4) is 0 Å². The summed E-state index contributed by atoms with van der Waals surface area (Å²) in [6.07, 6.45) is 0.660. The third kappa shape index (κ3) is 6.64. The lowest BCUT2D eigenvalue weighted by Crippen LogP contribution is -2.47. The van der Waals surface area contributed by atoms with Crippen LogP contribution in [0.2, 0.25) is 0 Å². The van der Waals surface area contributed by atoms with Crippen molar-refractivity contribution in [3.63, 3.8) is 0 Å². The van der Waals surface area contributed by atoms with E-state index in [1.54, 1.807) is 17.0 Å². The predicted octanol–water partition coefficient (Wildman–Crippen LogP) is 2.02. The van der Waals surface area contributed by atoms with Crippen LogP contribution in [0.15, 0.2) is 29.2 Å².